The second-order valence-corrected chi connectivity index (χ2v) is 5.97. The fourth-order valence-corrected chi connectivity index (χ4v) is 3.01. The Morgan fingerprint density at radius 3 is 2.14 bits per heavy atom. The van der Waals surface area contributed by atoms with Crippen molar-refractivity contribution in [1.82, 2.24) is 5.32 Å². The van der Waals surface area contributed by atoms with Gasteiger partial charge in [0.05, 0.1) is 17.9 Å². The van der Waals surface area contributed by atoms with Crippen molar-refractivity contribution in [1.29, 1.82) is 0 Å². The van der Waals surface area contributed by atoms with Gasteiger partial charge in [-0.2, -0.15) is 0 Å². The van der Waals surface area contributed by atoms with Gasteiger partial charge in [-0.25, -0.2) is 0 Å². The summed E-state index contributed by atoms with van der Waals surface area (Å²) in [5.41, 5.74) is -0.669. The Labute approximate surface area is 127 Å². The highest BCUT2D eigenvalue weighted by molar-refractivity contribution is 5.74. The minimum Gasteiger partial charge on any atom is -0.481 e. The number of rotatable bonds is 8. The summed E-state index contributed by atoms with van der Waals surface area (Å²) in [4.78, 5) is 23.2. The van der Waals surface area contributed by atoms with E-state index in [4.69, 9.17) is 4.74 Å². The van der Waals surface area contributed by atoms with Crippen LogP contribution in [0.15, 0.2) is 0 Å². The van der Waals surface area contributed by atoms with Gasteiger partial charge in [-0.15, -0.1) is 0 Å². The van der Waals surface area contributed by atoms with Crippen LogP contribution in [0.1, 0.15) is 59.3 Å². The third-order valence-corrected chi connectivity index (χ3v) is 4.88. The molecule has 2 N–H and O–H groups in total. The molecule has 0 atom stereocenters. The van der Waals surface area contributed by atoms with E-state index >= 15 is 0 Å². The van der Waals surface area contributed by atoms with E-state index in [1.807, 2.05) is 20.8 Å². The molecule has 0 aliphatic heterocycles. The van der Waals surface area contributed by atoms with Gasteiger partial charge in [0, 0.05) is 12.6 Å². The van der Waals surface area contributed by atoms with Crippen LogP contribution in [-0.4, -0.2) is 36.2 Å². The van der Waals surface area contributed by atoms with Crippen LogP contribution in [-0.2, 0) is 14.3 Å². The molecule has 0 amide bonds. The molecule has 1 fully saturated rings. The molecule has 1 rings (SSSR count). The lowest BCUT2D eigenvalue weighted by molar-refractivity contribution is -0.149. The zero-order valence-electron chi connectivity index (χ0n) is 13.5. The fraction of sp³-hybridized carbons (Fsp3) is 0.875. The van der Waals surface area contributed by atoms with E-state index in [9.17, 15) is 14.7 Å². The first-order chi connectivity index (χ1) is 9.99. The summed E-state index contributed by atoms with van der Waals surface area (Å²) in [5.74, 6) is -0.789. The first kappa shape index (κ1) is 18.0. The van der Waals surface area contributed by atoms with Crippen molar-refractivity contribution in [3.8, 4) is 0 Å². The topological polar surface area (TPSA) is 75.6 Å². The molecule has 0 aromatic heterocycles. The second kappa shape index (κ2) is 8.37. The number of hydrogen-bond acceptors (Lipinski definition) is 4. The molecule has 5 heteroatoms. The number of hydrogen-bond donors (Lipinski definition) is 2. The van der Waals surface area contributed by atoms with E-state index in [1.54, 1.807) is 0 Å². The van der Waals surface area contributed by atoms with Crippen molar-refractivity contribution in [3.05, 3.63) is 0 Å². The Kier molecular flexibility index (Phi) is 7.15. The van der Waals surface area contributed by atoms with E-state index < -0.39 is 11.4 Å². The summed E-state index contributed by atoms with van der Waals surface area (Å²) in [6.45, 7) is 6.62. The number of ether oxygens (including phenoxy) is 1. The summed E-state index contributed by atoms with van der Waals surface area (Å²) in [6, 6.07) is 0.313. The number of esters is 1. The SMILES string of the molecule is CCOC(=O)C1CCC(NCC(CC)(CC)C(=O)O)CC1. The van der Waals surface area contributed by atoms with Gasteiger partial charge in [-0.05, 0) is 45.4 Å². The van der Waals surface area contributed by atoms with Crippen molar-refractivity contribution >= 4 is 11.9 Å². The first-order valence-electron chi connectivity index (χ1n) is 8.12. The normalized spacial score (nSPS) is 22.8. The summed E-state index contributed by atoms with van der Waals surface area (Å²) in [5, 5.41) is 12.8. The van der Waals surface area contributed by atoms with Crippen molar-refractivity contribution in [3.63, 3.8) is 0 Å². The number of carbonyl (C=O) groups is 2. The van der Waals surface area contributed by atoms with Crippen LogP contribution in [0.2, 0.25) is 0 Å². The summed E-state index contributed by atoms with van der Waals surface area (Å²) in [7, 11) is 0. The van der Waals surface area contributed by atoms with E-state index in [2.05, 4.69) is 5.32 Å². The molecular formula is C16H29NO4. The van der Waals surface area contributed by atoms with Crippen molar-refractivity contribution in [2.45, 2.75) is 65.3 Å². The minimum absolute atomic E-state index is 0.0181. The molecule has 1 saturated carbocycles. The Morgan fingerprint density at radius 2 is 1.71 bits per heavy atom. The molecule has 21 heavy (non-hydrogen) atoms. The molecule has 5 nitrogen and oxygen atoms in total. The van der Waals surface area contributed by atoms with Gasteiger partial charge in [0.2, 0.25) is 0 Å². The van der Waals surface area contributed by atoms with Gasteiger partial charge < -0.3 is 15.2 Å². The number of carboxylic acids is 1. The summed E-state index contributed by atoms with van der Waals surface area (Å²) >= 11 is 0. The first-order valence-corrected chi connectivity index (χ1v) is 8.12. The molecule has 0 aromatic carbocycles. The zero-order chi connectivity index (χ0) is 15.9. The Hall–Kier alpha value is -1.10. The molecule has 1 aliphatic carbocycles. The quantitative estimate of drug-likeness (QED) is 0.674. The van der Waals surface area contributed by atoms with Crippen LogP contribution in [0.25, 0.3) is 0 Å². The highest BCUT2D eigenvalue weighted by Gasteiger charge is 2.36. The standard InChI is InChI=1S/C16H29NO4/c1-4-16(5-2,15(19)20)11-17-13-9-7-12(8-10-13)14(18)21-6-3/h12-13,17H,4-11H2,1-3H3,(H,19,20). The molecule has 0 aromatic rings. The van der Waals surface area contributed by atoms with Crippen molar-refractivity contribution in [2.24, 2.45) is 11.3 Å². The van der Waals surface area contributed by atoms with E-state index in [1.165, 1.54) is 0 Å². The molecule has 0 bridgehead atoms. The lowest BCUT2D eigenvalue weighted by atomic mass is 9.81. The van der Waals surface area contributed by atoms with E-state index in [0.29, 0.717) is 32.0 Å². The smallest absolute Gasteiger partial charge is 0.310 e. The van der Waals surface area contributed by atoms with E-state index in [0.717, 1.165) is 25.7 Å². The Balaban J connectivity index is 2.42. The van der Waals surface area contributed by atoms with Crippen molar-refractivity contribution in [2.75, 3.05) is 13.2 Å². The number of aliphatic carboxylic acids is 1. The number of nitrogens with one attached hydrogen (secondary N) is 1. The number of carboxylic acid groups (broad SMARTS) is 1. The summed E-state index contributed by atoms with van der Waals surface area (Å²) < 4.78 is 5.06. The average Bonchev–Trinajstić information content (AvgIpc) is 2.49. The maximum Gasteiger partial charge on any atom is 0.310 e. The van der Waals surface area contributed by atoms with Crippen LogP contribution in [0, 0.1) is 11.3 Å². The third kappa shape index (κ3) is 4.70. The highest BCUT2D eigenvalue weighted by Crippen LogP contribution is 2.29. The Morgan fingerprint density at radius 1 is 1.14 bits per heavy atom. The minimum atomic E-state index is -0.722. The largest absolute Gasteiger partial charge is 0.481 e. The second-order valence-electron chi connectivity index (χ2n) is 5.97. The van der Waals surface area contributed by atoms with Crippen LogP contribution < -0.4 is 5.32 Å². The predicted molar refractivity (Wildman–Crippen MR) is 81.0 cm³/mol. The third-order valence-electron chi connectivity index (χ3n) is 4.88. The van der Waals surface area contributed by atoms with Crippen LogP contribution >= 0.6 is 0 Å². The molecule has 0 radical (unpaired) electrons. The average molecular weight is 299 g/mol. The molecule has 122 valence electrons. The molecule has 0 saturated heterocycles. The highest BCUT2D eigenvalue weighted by atomic mass is 16.5. The maximum atomic E-state index is 11.7. The van der Waals surface area contributed by atoms with Gasteiger partial charge in [0.1, 0.15) is 0 Å². The van der Waals surface area contributed by atoms with Crippen LogP contribution in [0.4, 0.5) is 0 Å². The molecule has 0 spiro atoms. The molecule has 0 unspecified atom stereocenters. The van der Waals surface area contributed by atoms with Gasteiger partial charge in [-0.3, -0.25) is 9.59 Å². The van der Waals surface area contributed by atoms with Crippen LogP contribution in [0.3, 0.4) is 0 Å². The fourth-order valence-electron chi connectivity index (χ4n) is 3.01. The zero-order valence-corrected chi connectivity index (χ0v) is 13.5. The van der Waals surface area contributed by atoms with Gasteiger partial charge >= 0.3 is 11.9 Å². The predicted octanol–water partition coefficient (Wildman–Crippen LogP) is 2.59. The lowest BCUT2D eigenvalue weighted by Gasteiger charge is -2.32. The molecule has 1 aliphatic rings. The number of carbonyl (C=O) groups excluding carboxylic acids is 1. The Bertz CT molecular complexity index is 344. The monoisotopic (exact) mass is 299 g/mol. The van der Waals surface area contributed by atoms with Gasteiger partial charge in [0.25, 0.3) is 0 Å². The van der Waals surface area contributed by atoms with Gasteiger partial charge in [0.15, 0.2) is 0 Å². The maximum absolute atomic E-state index is 11.7. The van der Waals surface area contributed by atoms with E-state index in [-0.39, 0.29) is 11.9 Å². The molecular weight excluding hydrogens is 270 g/mol. The summed E-state index contributed by atoms with van der Waals surface area (Å²) in [6.07, 6.45) is 4.73. The van der Waals surface area contributed by atoms with Crippen LogP contribution in [0.5, 0.6) is 0 Å². The molecule has 0 heterocycles. The van der Waals surface area contributed by atoms with Gasteiger partial charge in [-0.1, -0.05) is 13.8 Å². The van der Waals surface area contributed by atoms with Crippen molar-refractivity contribution < 1.29 is 19.4 Å². The lowest BCUT2D eigenvalue weighted by Crippen LogP contribution is -2.45.